The molecule has 1 aromatic heterocycles. The number of furan rings is 1. The third-order valence-corrected chi connectivity index (χ3v) is 6.19. The molecule has 1 N–H and O–H groups in total. The Kier molecular flexibility index (Phi) is 5.98. The number of para-hydroxylation sites is 1. The molecule has 1 aliphatic rings. The fourth-order valence-electron chi connectivity index (χ4n) is 4.55. The lowest BCUT2D eigenvalue weighted by atomic mass is 9.94. The number of hydrogen-bond donors (Lipinski definition) is 1. The fraction of sp³-hybridized carbons (Fsp3) is 0.172. The van der Waals surface area contributed by atoms with Crippen molar-refractivity contribution in [1.82, 2.24) is 0 Å². The number of fused-ring (bicyclic) bond motifs is 1. The molecule has 7 nitrogen and oxygen atoms in total. The summed E-state index contributed by atoms with van der Waals surface area (Å²) in [5, 5.41) is 11.8. The molecular weight excluding hydrogens is 458 g/mol. The number of ketones is 1. The van der Waals surface area contributed by atoms with Crippen LogP contribution in [0.5, 0.6) is 11.5 Å². The van der Waals surface area contributed by atoms with Crippen LogP contribution in [-0.4, -0.2) is 30.5 Å². The molecule has 4 aromatic rings. The molecule has 1 unspecified atom stereocenters. The molecule has 182 valence electrons. The molecule has 0 bridgehead atoms. The zero-order valence-corrected chi connectivity index (χ0v) is 20.1. The number of aryl methyl sites for hydroxylation is 1. The van der Waals surface area contributed by atoms with Crippen LogP contribution >= 0.6 is 0 Å². The Morgan fingerprint density at radius 2 is 1.83 bits per heavy atom. The van der Waals surface area contributed by atoms with Crippen molar-refractivity contribution in [3.63, 3.8) is 0 Å². The molecule has 0 saturated heterocycles. The van der Waals surface area contributed by atoms with Gasteiger partial charge in [-0.3, -0.25) is 14.5 Å². The van der Waals surface area contributed by atoms with Crippen molar-refractivity contribution < 1.29 is 28.6 Å². The van der Waals surface area contributed by atoms with Crippen molar-refractivity contribution in [2.24, 2.45) is 0 Å². The first kappa shape index (κ1) is 23.2. The molecule has 3 aromatic carbocycles. The number of hydrogen-bond acceptors (Lipinski definition) is 6. The lowest BCUT2D eigenvalue weighted by Crippen LogP contribution is -2.31. The van der Waals surface area contributed by atoms with E-state index >= 15 is 0 Å². The van der Waals surface area contributed by atoms with Crippen molar-refractivity contribution in [2.45, 2.75) is 19.9 Å². The summed E-state index contributed by atoms with van der Waals surface area (Å²) in [4.78, 5) is 28.6. The molecule has 7 heteroatoms. The average Bonchev–Trinajstić information content (AvgIpc) is 3.43. The van der Waals surface area contributed by atoms with E-state index in [0.717, 1.165) is 10.9 Å². The maximum Gasteiger partial charge on any atom is 0.294 e. The number of anilines is 1. The molecule has 0 saturated carbocycles. The number of rotatable bonds is 7. The SMILES string of the molecule is CCOc1ccc(C2C(C(=O)c3cc4ccccc4o3)=C(O)C(=O)N2c2cccc(C)c2)cc1OC. The first-order valence-corrected chi connectivity index (χ1v) is 11.6. The number of amides is 1. The Morgan fingerprint density at radius 3 is 2.56 bits per heavy atom. The van der Waals surface area contributed by atoms with Gasteiger partial charge in [-0.2, -0.15) is 0 Å². The minimum absolute atomic E-state index is 0.0412. The number of Topliss-reactive ketones (excluding diaryl/α,β-unsaturated/α-hetero) is 1. The van der Waals surface area contributed by atoms with Gasteiger partial charge in [0.1, 0.15) is 5.58 Å². The monoisotopic (exact) mass is 483 g/mol. The zero-order chi connectivity index (χ0) is 25.4. The van der Waals surface area contributed by atoms with Crippen LogP contribution in [0.3, 0.4) is 0 Å². The van der Waals surface area contributed by atoms with Crippen LogP contribution in [0.2, 0.25) is 0 Å². The molecule has 36 heavy (non-hydrogen) atoms. The van der Waals surface area contributed by atoms with Crippen molar-refractivity contribution >= 4 is 28.3 Å². The Labute approximate surface area is 208 Å². The molecule has 0 radical (unpaired) electrons. The van der Waals surface area contributed by atoms with Gasteiger partial charge in [-0.25, -0.2) is 0 Å². The lowest BCUT2D eigenvalue weighted by molar-refractivity contribution is -0.117. The number of ether oxygens (including phenoxy) is 2. The van der Waals surface area contributed by atoms with Gasteiger partial charge in [-0.05, 0) is 61.4 Å². The van der Waals surface area contributed by atoms with Crippen LogP contribution in [0.1, 0.15) is 34.6 Å². The Hall–Kier alpha value is -4.52. The molecule has 0 aliphatic carbocycles. The van der Waals surface area contributed by atoms with Gasteiger partial charge < -0.3 is 19.0 Å². The molecule has 1 aliphatic heterocycles. The summed E-state index contributed by atoms with van der Waals surface area (Å²) in [6.45, 7) is 4.23. The van der Waals surface area contributed by atoms with Crippen LogP contribution < -0.4 is 14.4 Å². The van der Waals surface area contributed by atoms with Crippen LogP contribution in [0, 0.1) is 6.92 Å². The summed E-state index contributed by atoms with van der Waals surface area (Å²) in [6, 6.07) is 20.5. The van der Waals surface area contributed by atoms with E-state index < -0.39 is 23.5 Å². The second kappa shape index (κ2) is 9.26. The lowest BCUT2D eigenvalue weighted by Gasteiger charge is -2.27. The molecule has 5 rings (SSSR count). The van der Waals surface area contributed by atoms with Crippen LogP contribution in [0.25, 0.3) is 11.0 Å². The first-order chi connectivity index (χ1) is 17.4. The Morgan fingerprint density at radius 1 is 1.03 bits per heavy atom. The molecule has 1 atom stereocenters. The van der Waals surface area contributed by atoms with Gasteiger partial charge in [0.05, 0.1) is 25.3 Å². The van der Waals surface area contributed by atoms with E-state index in [9.17, 15) is 14.7 Å². The van der Waals surface area contributed by atoms with E-state index in [0.29, 0.717) is 34.9 Å². The Balaban J connectivity index is 1.68. The summed E-state index contributed by atoms with van der Waals surface area (Å²) >= 11 is 0. The van der Waals surface area contributed by atoms with Crippen molar-refractivity contribution in [3.05, 3.63) is 101 Å². The maximum atomic E-state index is 13.8. The standard InChI is InChI=1S/C29H25NO6/c1-4-35-22-13-12-19(16-23(22)34-3)26-25(27(31)24-15-18-9-5-6-11-21(18)36-24)28(32)29(33)30(26)20-10-7-8-17(2)14-20/h5-16,26,32H,4H2,1-3H3. The van der Waals surface area contributed by atoms with E-state index in [1.54, 1.807) is 36.4 Å². The third kappa shape index (κ3) is 3.88. The van der Waals surface area contributed by atoms with Gasteiger partial charge in [0.15, 0.2) is 23.0 Å². The van der Waals surface area contributed by atoms with E-state index in [2.05, 4.69) is 0 Å². The first-order valence-electron chi connectivity index (χ1n) is 11.6. The summed E-state index contributed by atoms with van der Waals surface area (Å²) in [7, 11) is 1.52. The Bertz CT molecular complexity index is 1480. The van der Waals surface area contributed by atoms with Crippen molar-refractivity contribution in [2.75, 3.05) is 18.6 Å². The smallest absolute Gasteiger partial charge is 0.294 e. The zero-order valence-electron chi connectivity index (χ0n) is 20.1. The van der Waals surface area contributed by atoms with Crippen LogP contribution in [-0.2, 0) is 4.79 Å². The van der Waals surface area contributed by atoms with E-state index in [4.69, 9.17) is 13.9 Å². The molecule has 1 amide bonds. The molecular formula is C29H25NO6. The predicted molar refractivity (Wildman–Crippen MR) is 136 cm³/mol. The topological polar surface area (TPSA) is 89.2 Å². The minimum Gasteiger partial charge on any atom is -0.503 e. The van der Waals surface area contributed by atoms with E-state index in [1.807, 2.05) is 50.2 Å². The molecule has 2 heterocycles. The quantitative estimate of drug-likeness (QED) is 0.328. The second-order valence-corrected chi connectivity index (χ2v) is 8.50. The highest BCUT2D eigenvalue weighted by atomic mass is 16.5. The highest BCUT2D eigenvalue weighted by molar-refractivity contribution is 6.20. The minimum atomic E-state index is -0.912. The second-order valence-electron chi connectivity index (χ2n) is 8.50. The number of carbonyl (C=O) groups excluding carboxylic acids is 2. The number of carbonyl (C=O) groups is 2. The fourth-order valence-corrected chi connectivity index (χ4v) is 4.55. The van der Waals surface area contributed by atoms with E-state index in [1.165, 1.54) is 12.0 Å². The third-order valence-electron chi connectivity index (χ3n) is 6.19. The normalized spacial score (nSPS) is 15.6. The average molecular weight is 484 g/mol. The number of aliphatic hydroxyl groups excluding tert-OH is 1. The van der Waals surface area contributed by atoms with E-state index in [-0.39, 0.29) is 11.3 Å². The summed E-state index contributed by atoms with van der Waals surface area (Å²) in [5.41, 5.74) is 2.54. The van der Waals surface area contributed by atoms with Gasteiger partial charge in [0.25, 0.3) is 5.91 Å². The number of aliphatic hydroxyl groups is 1. The predicted octanol–water partition coefficient (Wildman–Crippen LogP) is 5.93. The number of nitrogens with zero attached hydrogens (tertiary/aromatic N) is 1. The molecule has 0 fully saturated rings. The number of benzene rings is 3. The van der Waals surface area contributed by atoms with Gasteiger partial charge in [-0.1, -0.05) is 36.4 Å². The summed E-state index contributed by atoms with van der Waals surface area (Å²) < 4.78 is 17.0. The van der Waals surface area contributed by atoms with Crippen LogP contribution in [0.4, 0.5) is 5.69 Å². The van der Waals surface area contributed by atoms with Gasteiger partial charge in [0.2, 0.25) is 5.78 Å². The van der Waals surface area contributed by atoms with Gasteiger partial charge in [0, 0.05) is 11.1 Å². The van der Waals surface area contributed by atoms with Crippen molar-refractivity contribution in [1.29, 1.82) is 0 Å². The maximum absolute atomic E-state index is 13.8. The number of methoxy groups -OCH3 is 1. The largest absolute Gasteiger partial charge is 0.503 e. The van der Waals surface area contributed by atoms with Gasteiger partial charge >= 0.3 is 0 Å². The summed E-state index contributed by atoms with van der Waals surface area (Å²) in [5.74, 6) is -0.816. The van der Waals surface area contributed by atoms with Crippen LogP contribution in [0.15, 0.2) is 88.5 Å². The van der Waals surface area contributed by atoms with Crippen molar-refractivity contribution in [3.8, 4) is 11.5 Å². The summed E-state index contributed by atoms with van der Waals surface area (Å²) in [6.07, 6.45) is 0. The highest BCUT2D eigenvalue weighted by Crippen LogP contribution is 2.44. The highest BCUT2D eigenvalue weighted by Gasteiger charge is 2.45. The molecule has 0 spiro atoms. The van der Waals surface area contributed by atoms with Gasteiger partial charge in [-0.15, -0.1) is 0 Å².